The van der Waals surface area contributed by atoms with Gasteiger partial charge in [0.05, 0.1) is 5.41 Å². The average molecular weight is 249 g/mol. The number of nitrogens with two attached hydrogens (primary N) is 1. The van der Waals surface area contributed by atoms with E-state index in [0.29, 0.717) is 6.54 Å². The number of nitrogens with zero attached hydrogens (tertiary/aromatic N) is 1. The van der Waals surface area contributed by atoms with Gasteiger partial charge in [-0.25, -0.2) is 5.84 Å². The summed E-state index contributed by atoms with van der Waals surface area (Å²) in [4.78, 5) is 13.7. The third kappa shape index (κ3) is 4.13. The Morgan fingerprint density at radius 3 is 2.39 bits per heavy atom. The molecule has 0 heterocycles. The summed E-state index contributed by atoms with van der Waals surface area (Å²) in [6, 6.07) is 8.42. The van der Waals surface area contributed by atoms with Gasteiger partial charge in [0.25, 0.3) is 0 Å². The van der Waals surface area contributed by atoms with Crippen molar-refractivity contribution in [2.45, 2.75) is 27.3 Å². The summed E-state index contributed by atoms with van der Waals surface area (Å²) >= 11 is 0. The topological polar surface area (TPSA) is 58.4 Å². The van der Waals surface area contributed by atoms with E-state index in [0.717, 1.165) is 6.54 Å². The second kappa shape index (κ2) is 5.98. The van der Waals surface area contributed by atoms with Crippen molar-refractivity contribution in [3.05, 3.63) is 35.4 Å². The molecule has 0 saturated carbocycles. The van der Waals surface area contributed by atoms with Crippen molar-refractivity contribution >= 4 is 5.91 Å². The summed E-state index contributed by atoms with van der Waals surface area (Å²) in [6.45, 7) is 7.33. The minimum absolute atomic E-state index is 0.141. The Bertz CT molecular complexity index is 398. The van der Waals surface area contributed by atoms with E-state index in [2.05, 4.69) is 41.5 Å². The smallest absolute Gasteiger partial charge is 0.240 e. The van der Waals surface area contributed by atoms with E-state index in [4.69, 9.17) is 5.84 Å². The van der Waals surface area contributed by atoms with Gasteiger partial charge in [-0.1, -0.05) is 29.8 Å². The number of amides is 1. The van der Waals surface area contributed by atoms with Crippen LogP contribution in [0.5, 0.6) is 0 Å². The van der Waals surface area contributed by atoms with E-state index in [1.54, 1.807) is 0 Å². The summed E-state index contributed by atoms with van der Waals surface area (Å²) in [5.74, 6) is 5.04. The van der Waals surface area contributed by atoms with Crippen molar-refractivity contribution in [2.75, 3.05) is 13.6 Å². The molecule has 0 fully saturated rings. The first-order valence-electron chi connectivity index (χ1n) is 6.10. The standard InChI is InChI=1S/C14H23N3O/c1-11-5-7-12(8-6-11)9-17(4)10-14(2,3)13(18)16-15/h5-8H,9-10,15H2,1-4H3,(H,16,18). The van der Waals surface area contributed by atoms with Crippen LogP contribution in [0.4, 0.5) is 0 Å². The molecule has 1 aromatic rings. The Hall–Kier alpha value is -1.39. The van der Waals surface area contributed by atoms with Crippen LogP contribution in [-0.4, -0.2) is 24.4 Å². The number of benzene rings is 1. The second-order valence-electron chi connectivity index (χ2n) is 5.52. The maximum atomic E-state index is 11.6. The zero-order valence-corrected chi connectivity index (χ0v) is 11.7. The fourth-order valence-electron chi connectivity index (χ4n) is 2.00. The van der Waals surface area contributed by atoms with Gasteiger partial charge in [-0.2, -0.15) is 0 Å². The van der Waals surface area contributed by atoms with Crippen LogP contribution in [-0.2, 0) is 11.3 Å². The normalized spacial score (nSPS) is 11.7. The van der Waals surface area contributed by atoms with Gasteiger partial charge < -0.3 is 4.90 Å². The van der Waals surface area contributed by atoms with Gasteiger partial charge in [-0.15, -0.1) is 0 Å². The molecule has 18 heavy (non-hydrogen) atoms. The van der Waals surface area contributed by atoms with E-state index in [1.165, 1.54) is 11.1 Å². The predicted molar refractivity (Wildman–Crippen MR) is 73.6 cm³/mol. The van der Waals surface area contributed by atoms with Gasteiger partial charge in [0, 0.05) is 13.1 Å². The Kier molecular flexibility index (Phi) is 4.87. The van der Waals surface area contributed by atoms with Gasteiger partial charge in [0.15, 0.2) is 0 Å². The zero-order valence-electron chi connectivity index (χ0n) is 11.7. The molecule has 1 rings (SSSR count). The van der Waals surface area contributed by atoms with E-state index in [1.807, 2.05) is 20.9 Å². The highest BCUT2D eigenvalue weighted by Crippen LogP contribution is 2.17. The molecule has 4 heteroatoms. The van der Waals surface area contributed by atoms with Crippen LogP contribution < -0.4 is 11.3 Å². The lowest BCUT2D eigenvalue weighted by Gasteiger charge is -2.28. The van der Waals surface area contributed by atoms with Crippen molar-refractivity contribution in [3.63, 3.8) is 0 Å². The third-order valence-electron chi connectivity index (χ3n) is 2.98. The molecular weight excluding hydrogens is 226 g/mol. The number of aryl methyl sites for hydroxylation is 1. The van der Waals surface area contributed by atoms with Crippen molar-refractivity contribution in [2.24, 2.45) is 11.3 Å². The number of carbonyl (C=O) groups is 1. The number of hydrazine groups is 1. The Balaban J connectivity index is 2.58. The molecular formula is C14H23N3O. The van der Waals surface area contributed by atoms with E-state index >= 15 is 0 Å². The fourth-order valence-corrected chi connectivity index (χ4v) is 2.00. The number of rotatable bonds is 5. The lowest BCUT2D eigenvalue weighted by molar-refractivity contribution is -0.130. The van der Waals surface area contributed by atoms with Crippen LogP contribution in [0.2, 0.25) is 0 Å². The highest BCUT2D eigenvalue weighted by molar-refractivity contribution is 5.81. The molecule has 0 saturated heterocycles. The molecule has 3 N–H and O–H groups in total. The quantitative estimate of drug-likeness (QED) is 0.472. The van der Waals surface area contributed by atoms with Gasteiger partial charge >= 0.3 is 0 Å². The molecule has 1 aromatic carbocycles. The van der Waals surface area contributed by atoms with Crippen LogP contribution in [0.3, 0.4) is 0 Å². The van der Waals surface area contributed by atoms with Gasteiger partial charge in [0.1, 0.15) is 0 Å². The van der Waals surface area contributed by atoms with Crippen LogP contribution in [0.25, 0.3) is 0 Å². The Morgan fingerprint density at radius 2 is 1.89 bits per heavy atom. The summed E-state index contributed by atoms with van der Waals surface area (Å²) in [7, 11) is 2.01. The maximum absolute atomic E-state index is 11.6. The van der Waals surface area contributed by atoms with Gasteiger partial charge in [-0.3, -0.25) is 10.2 Å². The maximum Gasteiger partial charge on any atom is 0.240 e. The van der Waals surface area contributed by atoms with Crippen LogP contribution in [0.1, 0.15) is 25.0 Å². The molecule has 1 amide bonds. The minimum atomic E-state index is -0.492. The molecule has 0 aliphatic rings. The van der Waals surface area contributed by atoms with E-state index in [-0.39, 0.29) is 5.91 Å². The number of carbonyl (C=O) groups excluding carboxylic acids is 1. The lowest BCUT2D eigenvalue weighted by atomic mass is 9.92. The van der Waals surface area contributed by atoms with Crippen LogP contribution >= 0.6 is 0 Å². The average Bonchev–Trinajstić information content (AvgIpc) is 2.30. The fraction of sp³-hybridized carbons (Fsp3) is 0.500. The molecule has 0 bridgehead atoms. The predicted octanol–water partition coefficient (Wildman–Crippen LogP) is 1.44. The molecule has 4 nitrogen and oxygen atoms in total. The lowest BCUT2D eigenvalue weighted by Crippen LogP contribution is -2.46. The Morgan fingerprint density at radius 1 is 1.33 bits per heavy atom. The number of nitrogens with one attached hydrogen (secondary N) is 1. The molecule has 0 aromatic heterocycles. The van der Waals surface area contributed by atoms with Crippen LogP contribution in [0.15, 0.2) is 24.3 Å². The summed E-state index contributed by atoms with van der Waals surface area (Å²) in [5.41, 5.74) is 4.22. The first kappa shape index (κ1) is 14.7. The SMILES string of the molecule is Cc1ccc(CN(C)CC(C)(C)C(=O)NN)cc1. The first-order chi connectivity index (χ1) is 8.35. The molecule has 0 atom stereocenters. The van der Waals surface area contributed by atoms with E-state index in [9.17, 15) is 4.79 Å². The molecule has 0 aliphatic carbocycles. The molecule has 0 spiro atoms. The van der Waals surface area contributed by atoms with Crippen molar-refractivity contribution in [1.82, 2.24) is 10.3 Å². The van der Waals surface area contributed by atoms with E-state index < -0.39 is 5.41 Å². The van der Waals surface area contributed by atoms with Crippen molar-refractivity contribution in [1.29, 1.82) is 0 Å². The molecule has 0 radical (unpaired) electrons. The summed E-state index contributed by atoms with van der Waals surface area (Å²) < 4.78 is 0. The largest absolute Gasteiger partial charge is 0.301 e. The first-order valence-corrected chi connectivity index (χ1v) is 6.10. The second-order valence-corrected chi connectivity index (χ2v) is 5.52. The Labute approximate surface area is 109 Å². The van der Waals surface area contributed by atoms with Crippen molar-refractivity contribution in [3.8, 4) is 0 Å². The molecule has 0 unspecified atom stereocenters. The van der Waals surface area contributed by atoms with Gasteiger partial charge in [0.2, 0.25) is 5.91 Å². The highest BCUT2D eigenvalue weighted by Gasteiger charge is 2.28. The zero-order chi connectivity index (χ0) is 13.8. The number of hydrogen-bond donors (Lipinski definition) is 2. The number of hydrogen-bond acceptors (Lipinski definition) is 3. The minimum Gasteiger partial charge on any atom is -0.301 e. The summed E-state index contributed by atoms with van der Waals surface area (Å²) in [6.07, 6.45) is 0. The van der Waals surface area contributed by atoms with Crippen molar-refractivity contribution < 1.29 is 4.79 Å². The monoisotopic (exact) mass is 249 g/mol. The third-order valence-corrected chi connectivity index (χ3v) is 2.98. The van der Waals surface area contributed by atoms with Gasteiger partial charge in [-0.05, 0) is 33.4 Å². The molecule has 0 aliphatic heterocycles. The summed E-state index contributed by atoms with van der Waals surface area (Å²) in [5, 5.41) is 0. The highest BCUT2D eigenvalue weighted by atomic mass is 16.2. The molecule has 100 valence electrons. The van der Waals surface area contributed by atoms with Crippen LogP contribution in [0, 0.1) is 12.3 Å².